The largest absolute Gasteiger partial charge is 0.497 e. The molecule has 0 aliphatic heterocycles. The van der Waals surface area contributed by atoms with E-state index in [2.05, 4.69) is 20.9 Å². The minimum absolute atomic E-state index is 0.217. The summed E-state index contributed by atoms with van der Waals surface area (Å²) >= 11 is 0. The number of nitrogens with zero attached hydrogens (tertiary/aromatic N) is 3. The van der Waals surface area contributed by atoms with Gasteiger partial charge in [0.05, 0.1) is 12.8 Å². The zero-order valence-electron chi connectivity index (χ0n) is 18.6. The summed E-state index contributed by atoms with van der Waals surface area (Å²) in [5.74, 6) is 0.240. The number of carbonyl (C=O) groups excluding carboxylic acids is 2. The normalized spacial score (nSPS) is 12.7. The topological polar surface area (TPSA) is 98.1 Å². The lowest BCUT2D eigenvalue weighted by atomic mass is 10.1. The molecule has 1 aliphatic rings. The van der Waals surface area contributed by atoms with Gasteiger partial charge in [-0.15, -0.1) is 5.10 Å². The monoisotopic (exact) mass is 453 g/mol. The van der Waals surface area contributed by atoms with Gasteiger partial charge in [0.1, 0.15) is 11.4 Å². The molecule has 4 aromatic rings. The van der Waals surface area contributed by atoms with E-state index in [1.54, 1.807) is 48.2 Å². The third-order valence-electron chi connectivity index (χ3n) is 5.57. The highest BCUT2D eigenvalue weighted by Gasteiger charge is 2.28. The van der Waals surface area contributed by atoms with Crippen LogP contribution >= 0.6 is 0 Å². The summed E-state index contributed by atoms with van der Waals surface area (Å²) in [6, 6.07) is 23.9. The van der Waals surface area contributed by atoms with Crippen molar-refractivity contribution in [2.75, 3.05) is 12.4 Å². The summed E-state index contributed by atoms with van der Waals surface area (Å²) in [6.45, 7) is 0. The number of hydrogen-bond donors (Lipinski definition) is 2. The van der Waals surface area contributed by atoms with E-state index in [-0.39, 0.29) is 23.6 Å². The van der Waals surface area contributed by atoms with Crippen molar-refractivity contribution in [3.05, 3.63) is 90.1 Å². The predicted octanol–water partition coefficient (Wildman–Crippen LogP) is 4.09. The number of methoxy groups -OCH3 is 1. The zero-order chi connectivity index (χ0) is 23.5. The summed E-state index contributed by atoms with van der Waals surface area (Å²) in [5.41, 5.74) is 3.63. The van der Waals surface area contributed by atoms with E-state index in [1.807, 2.05) is 42.5 Å². The summed E-state index contributed by atoms with van der Waals surface area (Å²) in [7, 11) is 1.58. The van der Waals surface area contributed by atoms with Gasteiger partial charge in [0.2, 0.25) is 0 Å². The minimum atomic E-state index is -0.226. The summed E-state index contributed by atoms with van der Waals surface area (Å²) in [6.07, 6.45) is 1.98. The molecule has 8 nitrogen and oxygen atoms in total. The first kappa shape index (κ1) is 21.4. The first-order chi connectivity index (χ1) is 16.6. The molecule has 0 saturated heterocycles. The van der Waals surface area contributed by atoms with Gasteiger partial charge in [0.25, 0.3) is 11.8 Å². The maximum Gasteiger partial charge on any atom is 0.274 e. The Morgan fingerprint density at radius 1 is 0.912 bits per heavy atom. The van der Waals surface area contributed by atoms with Crippen LogP contribution in [0.3, 0.4) is 0 Å². The molecule has 0 spiro atoms. The molecular formula is C26H23N5O3. The van der Waals surface area contributed by atoms with Crippen molar-refractivity contribution in [1.82, 2.24) is 20.3 Å². The van der Waals surface area contributed by atoms with Crippen LogP contribution < -0.4 is 15.4 Å². The molecule has 1 fully saturated rings. The summed E-state index contributed by atoms with van der Waals surface area (Å²) in [5, 5.41) is 14.3. The van der Waals surface area contributed by atoms with Gasteiger partial charge in [0, 0.05) is 22.9 Å². The van der Waals surface area contributed by atoms with E-state index < -0.39 is 0 Å². The highest BCUT2D eigenvalue weighted by molar-refractivity contribution is 6.04. The zero-order valence-corrected chi connectivity index (χ0v) is 18.6. The van der Waals surface area contributed by atoms with Crippen molar-refractivity contribution in [2.24, 2.45) is 0 Å². The maximum atomic E-state index is 12.8. The van der Waals surface area contributed by atoms with Gasteiger partial charge in [-0.05, 0) is 61.4 Å². The number of anilines is 1. The Kier molecular flexibility index (Phi) is 5.78. The Labute approximate surface area is 196 Å². The average molecular weight is 454 g/mol. The summed E-state index contributed by atoms with van der Waals surface area (Å²) in [4.78, 5) is 25.4. The number of aromatic nitrogens is 3. The number of carbonyl (C=O) groups is 2. The number of hydrogen-bond acceptors (Lipinski definition) is 5. The van der Waals surface area contributed by atoms with E-state index in [0.29, 0.717) is 22.7 Å². The number of amides is 2. The smallest absolute Gasteiger partial charge is 0.274 e. The summed E-state index contributed by atoms with van der Waals surface area (Å²) < 4.78 is 6.78. The Morgan fingerprint density at radius 3 is 2.26 bits per heavy atom. The van der Waals surface area contributed by atoms with E-state index in [1.165, 1.54) is 0 Å². The lowest BCUT2D eigenvalue weighted by Gasteiger charge is -2.10. The lowest BCUT2D eigenvalue weighted by molar-refractivity contribution is 0.0946. The van der Waals surface area contributed by atoms with Crippen LogP contribution in [0.2, 0.25) is 0 Å². The van der Waals surface area contributed by atoms with Gasteiger partial charge in [-0.2, -0.15) is 0 Å². The van der Waals surface area contributed by atoms with Crippen LogP contribution in [0.4, 0.5) is 5.69 Å². The van der Waals surface area contributed by atoms with Gasteiger partial charge in [-0.25, -0.2) is 4.68 Å². The maximum absolute atomic E-state index is 12.8. The second-order valence-corrected chi connectivity index (χ2v) is 8.04. The Hall–Kier alpha value is -4.46. The first-order valence-electron chi connectivity index (χ1n) is 11.0. The standard InChI is InChI=1S/C26H23N5O3/c1-34-22-15-7-18(8-16-22)25(32)27-20-11-13-21(14-12-20)31-24(17-5-3-2-4-6-17)23(29-30-31)26(33)28-19-9-10-19/h2-8,11-16,19H,9-10H2,1H3,(H,27,32)(H,28,33). The lowest BCUT2D eigenvalue weighted by Crippen LogP contribution is -2.26. The third kappa shape index (κ3) is 4.52. The highest BCUT2D eigenvalue weighted by atomic mass is 16.5. The van der Waals surface area contributed by atoms with E-state index in [9.17, 15) is 9.59 Å². The van der Waals surface area contributed by atoms with Gasteiger partial charge in [-0.1, -0.05) is 35.5 Å². The molecular weight excluding hydrogens is 430 g/mol. The third-order valence-corrected chi connectivity index (χ3v) is 5.57. The van der Waals surface area contributed by atoms with Crippen LogP contribution in [0, 0.1) is 0 Å². The predicted molar refractivity (Wildman–Crippen MR) is 128 cm³/mol. The van der Waals surface area contributed by atoms with Crippen molar-refractivity contribution in [3.63, 3.8) is 0 Å². The molecule has 0 bridgehead atoms. The van der Waals surface area contributed by atoms with Gasteiger partial charge in [0.15, 0.2) is 5.69 Å². The molecule has 2 N–H and O–H groups in total. The molecule has 2 amide bonds. The molecule has 3 aromatic carbocycles. The molecule has 1 aliphatic carbocycles. The molecule has 0 atom stereocenters. The van der Waals surface area contributed by atoms with Crippen LogP contribution in [-0.2, 0) is 0 Å². The van der Waals surface area contributed by atoms with Crippen molar-refractivity contribution in [3.8, 4) is 22.7 Å². The van der Waals surface area contributed by atoms with Crippen LogP contribution in [0.25, 0.3) is 16.9 Å². The Morgan fingerprint density at radius 2 is 1.62 bits per heavy atom. The van der Waals surface area contributed by atoms with E-state index >= 15 is 0 Å². The van der Waals surface area contributed by atoms with Crippen molar-refractivity contribution in [2.45, 2.75) is 18.9 Å². The second-order valence-electron chi connectivity index (χ2n) is 8.04. The number of rotatable bonds is 7. The van der Waals surface area contributed by atoms with Crippen LogP contribution in [0.5, 0.6) is 5.75 Å². The number of nitrogens with one attached hydrogen (secondary N) is 2. The van der Waals surface area contributed by atoms with Gasteiger partial charge < -0.3 is 15.4 Å². The van der Waals surface area contributed by atoms with Crippen molar-refractivity contribution < 1.29 is 14.3 Å². The molecule has 1 heterocycles. The Bertz CT molecular complexity index is 1310. The Balaban J connectivity index is 1.40. The molecule has 0 radical (unpaired) electrons. The average Bonchev–Trinajstić information content (AvgIpc) is 3.58. The van der Waals surface area contributed by atoms with Gasteiger partial charge >= 0.3 is 0 Å². The number of benzene rings is 3. The van der Waals surface area contributed by atoms with E-state index in [4.69, 9.17) is 4.74 Å². The van der Waals surface area contributed by atoms with Gasteiger partial charge in [-0.3, -0.25) is 9.59 Å². The molecule has 170 valence electrons. The minimum Gasteiger partial charge on any atom is -0.497 e. The number of ether oxygens (including phenoxy) is 1. The molecule has 1 aromatic heterocycles. The molecule has 0 unspecified atom stereocenters. The molecule has 34 heavy (non-hydrogen) atoms. The first-order valence-corrected chi connectivity index (χ1v) is 11.0. The molecule has 1 saturated carbocycles. The van der Waals surface area contributed by atoms with Crippen molar-refractivity contribution in [1.29, 1.82) is 0 Å². The quantitative estimate of drug-likeness (QED) is 0.439. The second kappa shape index (κ2) is 9.19. The van der Waals surface area contributed by atoms with Crippen LogP contribution in [0.15, 0.2) is 78.9 Å². The SMILES string of the molecule is COc1ccc(C(=O)Nc2ccc(-n3nnc(C(=O)NC4CC4)c3-c3ccccc3)cc2)cc1. The molecule has 5 rings (SSSR count). The fraction of sp³-hybridized carbons (Fsp3) is 0.154. The highest BCUT2D eigenvalue weighted by Crippen LogP contribution is 2.27. The van der Waals surface area contributed by atoms with Crippen LogP contribution in [0.1, 0.15) is 33.7 Å². The molecule has 8 heteroatoms. The fourth-order valence-corrected chi connectivity index (χ4v) is 3.58. The van der Waals surface area contributed by atoms with E-state index in [0.717, 1.165) is 24.1 Å². The van der Waals surface area contributed by atoms with Crippen molar-refractivity contribution >= 4 is 17.5 Å². The van der Waals surface area contributed by atoms with Crippen LogP contribution in [-0.4, -0.2) is 40.0 Å². The fourth-order valence-electron chi connectivity index (χ4n) is 3.58.